The van der Waals surface area contributed by atoms with Crippen LogP contribution in [0.2, 0.25) is 5.02 Å². The first-order valence-electron chi connectivity index (χ1n) is 9.02. The van der Waals surface area contributed by atoms with Crippen molar-refractivity contribution in [3.63, 3.8) is 0 Å². The predicted octanol–water partition coefficient (Wildman–Crippen LogP) is 2.74. The number of nitrogens with zero attached hydrogens (tertiary/aromatic N) is 2. The molecule has 0 aromatic heterocycles. The number of carbonyl (C=O) groups is 2. The zero-order chi connectivity index (χ0) is 17.6. The molecule has 1 aromatic carbocycles. The fraction of sp³-hybridized carbons (Fsp3) is 0.579. The summed E-state index contributed by atoms with van der Waals surface area (Å²) in [4.78, 5) is 29.0. The van der Waals surface area contributed by atoms with Gasteiger partial charge in [0.1, 0.15) is 5.41 Å². The van der Waals surface area contributed by atoms with Gasteiger partial charge in [-0.1, -0.05) is 36.6 Å². The van der Waals surface area contributed by atoms with Gasteiger partial charge in [-0.25, -0.2) is 0 Å². The molecule has 2 atom stereocenters. The maximum atomic E-state index is 12.8. The van der Waals surface area contributed by atoms with Crippen molar-refractivity contribution in [3.8, 4) is 0 Å². The number of likely N-dealkylation sites (tertiary alicyclic amines) is 2. The molecule has 3 fully saturated rings. The van der Waals surface area contributed by atoms with Gasteiger partial charge in [-0.15, -0.1) is 0 Å². The summed E-state index contributed by atoms with van der Waals surface area (Å²) in [7, 11) is 0. The number of hydrogen-bond acceptors (Lipinski definition) is 3. The first kappa shape index (κ1) is 16.9. The minimum Gasteiger partial charge on any atom is -0.481 e. The highest BCUT2D eigenvalue weighted by atomic mass is 35.5. The van der Waals surface area contributed by atoms with Crippen LogP contribution < -0.4 is 0 Å². The van der Waals surface area contributed by atoms with E-state index in [1.165, 1.54) is 25.7 Å². The fourth-order valence-electron chi connectivity index (χ4n) is 4.91. The number of fused-ring (bicyclic) bond motifs is 1. The quantitative estimate of drug-likeness (QED) is 0.898. The van der Waals surface area contributed by atoms with Crippen molar-refractivity contribution in [1.29, 1.82) is 0 Å². The van der Waals surface area contributed by atoms with Gasteiger partial charge in [0.25, 0.3) is 5.91 Å². The summed E-state index contributed by atoms with van der Waals surface area (Å²) in [6.45, 7) is 2.12. The van der Waals surface area contributed by atoms with Gasteiger partial charge in [0.15, 0.2) is 0 Å². The summed E-state index contributed by atoms with van der Waals surface area (Å²) < 4.78 is 0. The Morgan fingerprint density at radius 2 is 1.84 bits per heavy atom. The van der Waals surface area contributed by atoms with Gasteiger partial charge >= 0.3 is 5.97 Å². The Morgan fingerprint density at radius 1 is 1.12 bits per heavy atom. The molecule has 4 rings (SSSR count). The normalized spacial score (nSPS) is 30.0. The van der Waals surface area contributed by atoms with Crippen molar-refractivity contribution in [2.24, 2.45) is 11.3 Å². The Hall–Kier alpha value is -1.59. The molecule has 3 aliphatic rings. The largest absolute Gasteiger partial charge is 0.481 e. The van der Waals surface area contributed by atoms with Crippen molar-refractivity contribution >= 4 is 23.5 Å². The number of hydrogen-bond donors (Lipinski definition) is 1. The number of carboxylic acids is 1. The van der Waals surface area contributed by atoms with E-state index < -0.39 is 11.4 Å². The van der Waals surface area contributed by atoms with Gasteiger partial charge < -0.3 is 10.0 Å². The van der Waals surface area contributed by atoms with E-state index in [1.54, 1.807) is 29.2 Å². The lowest BCUT2D eigenvalue weighted by atomic mass is 9.81. The Morgan fingerprint density at radius 3 is 2.48 bits per heavy atom. The number of carboxylic acid groups (broad SMARTS) is 1. The molecule has 0 unspecified atom stereocenters. The number of aliphatic carboxylic acids is 1. The molecule has 1 N–H and O–H groups in total. The van der Waals surface area contributed by atoms with Gasteiger partial charge in [0.05, 0.1) is 10.6 Å². The van der Waals surface area contributed by atoms with Crippen LogP contribution in [0.5, 0.6) is 0 Å². The van der Waals surface area contributed by atoms with Crippen LogP contribution in [-0.4, -0.2) is 59.0 Å². The van der Waals surface area contributed by atoms with E-state index >= 15 is 0 Å². The molecule has 1 amide bonds. The van der Waals surface area contributed by atoms with Crippen LogP contribution >= 0.6 is 11.6 Å². The summed E-state index contributed by atoms with van der Waals surface area (Å²) in [6, 6.07) is 7.49. The van der Waals surface area contributed by atoms with Gasteiger partial charge in [-0.2, -0.15) is 0 Å². The topological polar surface area (TPSA) is 60.9 Å². The Kier molecular flexibility index (Phi) is 4.24. The van der Waals surface area contributed by atoms with Crippen LogP contribution in [0.25, 0.3) is 0 Å². The molecule has 1 saturated carbocycles. The lowest BCUT2D eigenvalue weighted by Crippen LogP contribution is -2.43. The Bertz CT molecular complexity index is 704. The van der Waals surface area contributed by atoms with Crippen molar-refractivity contribution in [2.45, 2.75) is 31.7 Å². The first-order valence-corrected chi connectivity index (χ1v) is 9.40. The van der Waals surface area contributed by atoms with Crippen LogP contribution in [0.4, 0.5) is 0 Å². The molecular formula is C19H23ClN2O3. The van der Waals surface area contributed by atoms with E-state index in [1.807, 2.05) is 0 Å². The summed E-state index contributed by atoms with van der Waals surface area (Å²) in [5.41, 5.74) is -0.378. The third kappa shape index (κ3) is 2.74. The summed E-state index contributed by atoms with van der Waals surface area (Å²) in [5, 5.41) is 10.4. The van der Waals surface area contributed by atoms with Crippen LogP contribution in [0.1, 0.15) is 36.0 Å². The highest BCUT2D eigenvalue weighted by Crippen LogP contribution is 2.45. The highest BCUT2D eigenvalue weighted by molar-refractivity contribution is 6.33. The minimum atomic E-state index is -0.834. The summed E-state index contributed by atoms with van der Waals surface area (Å²) >= 11 is 6.15. The van der Waals surface area contributed by atoms with Crippen molar-refractivity contribution in [1.82, 2.24) is 9.80 Å². The standard InChI is InChI=1S/C19H23ClN2O3/c20-16-8-4-3-7-15(16)17(23)22-10-13-9-21(14-5-1-2-6-14)11-19(13,12-22)18(24)25/h3-4,7-8,13-14H,1-2,5-6,9-12H2,(H,24,25)/t13-,19-/m1/s1. The second-order valence-corrected chi connectivity index (χ2v) is 8.10. The van der Waals surface area contributed by atoms with E-state index in [-0.39, 0.29) is 18.4 Å². The van der Waals surface area contributed by atoms with Gasteiger partial charge in [-0.05, 0) is 25.0 Å². The summed E-state index contributed by atoms with van der Waals surface area (Å²) in [6.07, 6.45) is 4.82. The summed E-state index contributed by atoms with van der Waals surface area (Å²) in [5.74, 6) is -0.933. The van der Waals surface area contributed by atoms with Crippen LogP contribution in [0, 0.1) is 11.3 Å². The average molecular weight is 363 g/mol. The van der Waals surface area contributed by atoms with Crippen LogP contribution in [0.3, 0.4) is 0 Å². The molecule has 134 valence electrons. The molecule has 1 aliphatic carbocycles. The van der Waals surface area contributed by atoms with Gasteiger partial charge in [0.2, 0.25) is 0 Å². The smallest absolute Gasteiger partial charge is 0.313 e. The SMILES string of the molecule is O=C(c1ccccc1Cl)N1C[C@H]2CN(C3CCCC3)C[C@@]2(C(=O)O)C1. The average Bonchev–Trinajstić information content (AvgIpc) is 3.28. The maximum absolute atomic E-state index is 12.8. The molecule has 25 heavy (non-hydrogen) atoms. The van der Waals surface area contributed by atoms with Crippen LogP contribution in [-0.2, 0) is 4.79 Å². The third-order valence-electron chi connectivity index (χ3n) is 6.29. The van der Waals surface area contributed by atoms with Gasteiger partial charge in [-0.3, -0.25) is 14.5 Å². The molecule has 2 heterocycles. The number of halogens is 1. The van der Waals surface area contributed by atoms with E-state index in [0.717, 1.165) is 6.54 Å². The predicted molar refractivity (Wildman–Crippen MR) is 94.7 cm³/mol. The van der Waals surface area contributed by atoms with E-state index in [2.05, 4.69) is 4.90 Å². The van der Waals surface area contributed by atoms with Crippen LogP contribution in [0.15, 0.2) is 24.3 Å². The van der Waals surface area contributed by atoms with E-state index in [0.29, 0.717) is 29.7 Å². The Labute approximate surface area is 152 Å². The van der Waals surface area contributed by atoms with Crippen molar-refractivity contribution in [2.75, 3.05) is 26.2 Å². The molecule has 5 nitrogen and oxygen atoms in total. The second-order valence-electron chi connectivity index (χ2n) is 7.69. The maximum Gasteiger partial charge on any atom is 0.313 e. The molecular weight excluding hydrogens is 340 g/mol. The number of rotatable bonds is 3. The number of benzene rings is 1. The van der Waals surface area contributed by atoms with Crippen molar-refractivity contribution < 1.29 is 14.7 Å². The van der Waals surface area contributed by atoms with E-state index in [9.17, 15) is 14.7 Å². The number of carbonyl (C=O) groups excluding carboxylic acids is 1. The van der Waals surface area contributed by atoms with Crippen molar-refractivity contribution in [3.05, 3.63) is 34.9 Å². The monoisotopic (exact) mass is 362 g/mol. The molecule has 6 heteroatoms. The lowest BCUT2D eigenvalue weighted by Gasteiger charge is -2.28. The molecule has 1 aromatic rings. The molecule has 0 bridgehead atoms. The third-order valence-corrected chi connectivity index (χ3v) is 6.62. The minimum absolute atomic E-state index is 0.00274. The first-order chi connectivity index (χ1) is 12.0. The molecule has 0 spiro atoms. The zero-order valence-electron chi connectivity index (χ0n) is 14.2. The molecule has 0 radical (unpaired) electrons. The van der Waals surface area contributed by atoms with E-state index in [4.69, 9.17) is 11.6 Å². The second kappa shape index (κ2) is 6.29. The van der Waals surface area contributed by atoms with Gasteiger partial charge in [0, 0.05) is 38.1 Å². The molecule has 2 saturated heterocycles. The zero-order valence-corrected chi connectivity index (χ0v) is 14.9. The lowest BCUT2D eigenvalue weighted by molar-refractivity contribution is -0.148. The fourth-order valence-corrected chi connectivity index (χ4v) is 5.13. The number of amides is 1. The Balaban J connectivity index is 1.54. The molecule has 2 aliphatic heterocycles. The highest BCUT2D eigenvalue weighted by Gasteiger charge is 2.59.